The van der Waals surface area contributed by atoms with Crippen LogP contribution in [0, 0.1) is 0 Å². The number of hydrogen-bond acceptors (Lipinski definition) is 6. The van der Waals surface area contributed by atoms with E-state index in [2.05, 4.69) is 18.7 Å². The van der Waals surface area contributed by atoms with E-state index in [1.807, 2.05) is 18.2 Å². The lowest BCUT2D eigenvalue weighted by molar-refractivity contribution is 0.102. The molecule has 0 saturated heterocycles. The molecule has 32 heavy (non-hydrogen) atoms. The number of carbonyl (C=O) groups excluding carboxylic acids is 1. The molecule has 0 aliphatic carbocycles. The van der Waals surface area contributed by atoms with Crippen molar-refractivity contribution >= 4 is 40.0 Å². The Labute approximate surface area is 197 Å². The zero-order valence-electron chi connectivity index (χ0n) is 18.6. The van der Waals surface area contributed by atoms with E-state index in [1.165, 1.54) is 18.9 Å². The summed E-state index contributed by atoms with van der Waals surface area (Å²) < 4.78 is 6.85. The first-order chi connectivity index (χ1) is 15.5. The quantitative estimate of drug-likeness (QED) is 0.227. The highest BCUT2D eigenvalue weighted by molar-refractivity contribution is 7.99. The normalized spacial score (nSPS) is 11.3. The Bertz CT molecular complexity index is 1150. The molecule has 0 N–H and O–H groups in total. The summed E-state index contributed by atoms with van der Waals surface area (Å²) in [5, 5.41) is 1.54. The molecule has 6 nitrogen and oxygen atoms in total. The van der Waals surface area contributed by atoms with E-state index < -0.39 is 0 Å². The summed E-state index contributed by atoms with van der Waals surface area (Å²) in [6.45, 7) is 7.67. The van der Waals surface area contributed by atoms with Gasteiger partial charge in [0.15, 0.2) is 10.9 Å². The van der Waals surface area contributed by atoms with Crippen LogP contribution in [-0.2, 0) is 6.54 Å². The first-order valence-electron chi connectivity index (χ1n) is 10.7. The van der Waals surface area contributed by atoms with Crippen molar-refractivity contribution in [3.05, 3.63) is 63.4 Å². The number of para-hydroxylation sites is 1. The monoisotopic (exact) mass is 473 g/mol. The Morgan fingerprint density at radius 3 is 2.62 bits per heavy atom. The number of methoxy groups -OCH3 is 1. The van der Waals surface area contributed by atoms with E-state index in [0.29, 0.717) is 38.9 Å². The van der Waals surface area contributed by atoms with Crippen molar-refractivity contribution < 1.29 is 9.53 Å². The smallest absolute Gasteiger partial charge is 0.262 e. The van der Waals surface area contributed by atoms with E-state index in [1.54, 1.807) is 28.8 Å². The highest BCUT2D eigenvalue weighted by Crippen LogP contribution is 2.26. The van der Waals surface area contributed by atoms with Gasteiger partial charge in [0.2, 0.25) is 0 Å². The van der Waals surface area contributed by atoms with Gasteiger partial charge in [-0.15, -0.1) is 0 Å². The molecule has 1 heterocycles. The molecule has 0 saturated carbocycles. The molecular weight excluding hydrogens is 446 g/mol. The maximum Gasteiger partial charge on any atom is 0.262 e. The number of hydrogen-bond donors (Lipinski definition) is 0. The van der Waals surface area contributed by atoms with E-state index in [9.17, 15) is 9.59 Å². The van der Waals surface area contributed by atoms with Gasteiger partial charge in [0.1, 0.15) is 5.75 Å². The van der Waals surface area contributed by atoms with Gasteiger partial charge in [0.25, 0.3) is 5.56 Å². The van der Waals surface area contributed by atoms with Crippen molar-refractivity contribution in [2.45, 2.75) is 32.0 Å². The van der Waals surface area contributed by atoms with Crippen molar-refractivity contribution in [2.24, 2.45) is 0 Å². The largest absolute Gasteiger partial charge is 0.495 e. The van der Waals surface area contributed by atoms with Crippen LogP contribution in [0.4, 0.5) is 0 Å². The van der Waals surface area contributed by atoms with Gasteiger partial charge >= 0.3 is 0 Å². The Morgan fingerprint density at radius 2 is 1.94 bits per heavy atom. The fraction of sp³-hybridized carbons (Fsp3) is 0.375. The zero-order chi connectivity index (χ0) is 23.1. The van der Waals surface area contributed by atoms with Gasteiger partial charge in [0, 0.05) is 12.1 Å². The van der Waals surface area contributed by atoms with Crippen molar-refractivity contribution in [2.75, 3.05) is 32.5 Å². The maximum absolute atomic E-state index is 13.2. The molecule has 0 bridgehead atoms. The number of thioether (sulfide) groups is 1. The average Bonchev–Trinajstić information content (AvgIpc) is 2.81. The Balaban J connectivity index is 1.83. The summed E-state index contributed by atoms with van der Waals surface area (Å²) in [6.07, 6.45) is 0.831. The second-order valence-electron chi connectivity index (χ2n) is 7.31. The van der Waals surface area contributed by atoms with Crippen molar-refractivity contribution in [1.82, 2.24) is 14.5 Å². The molecule has 3 aromatic rings. The standard InChI is InChI=1S/C24H28ClN3O3S/c1-4-27(5-2)13-8-14-28-23(30)18-9-6-7-10-20(18)26-24(28)32-16-21(29)17-11-12-22(31-3)19(25)15-17/h6-7,9-12,15H,4-5,8,13-14,16H2,1-3H3. The summed E-state index contributed by atoms with van der Waals surface area (Å²) in [5.41, 5.74) is 1.07. The minimum Gasteiger partial charge on any atom is -0.495 e. The van der Waals surface area contributed by atoms with E-state index in [-0.39, 0.29) is 17.1 Å². The summed E-state index contributed by atoms with van der Waals surface area (Å²) in [7, 11) is 1.53. The SMILES string of the molecule is CCN(CC)CCCn1c(SCC(=O)c2ccc(OC)c(Cl)c2)nc2ccccc2c1=O. The molecule has 0 spiro atoms. The molecule has 0 amide bonds. The number of carbonyl (C=O) groups is 1. The van der Waals surface area contributed by atoms with E-state index in [0.717, 1.165) is 26.1 Å². The zero-order valence-corrected chi connectivity index (χ0v) is 20.2. The van der Waals surface area contributed by atoms with E-state index >= 15 is 0 Å². The first kappa shape index (κ1) is 24.3. The van der Waals surface area contributed by atoms with Crippen molar-refractivity contribution in [3.63, 3.8) is 0 Å². The molecule has 170 valence electrons. The number of halogens is 1. The van der Waals surface area contributed by atoms with Crippen molar-refractivity contribution in [3.8, 4) is 5.75 Å². The van der Waals surface area contributed by atoms with Crippen LogP contribution in [0.3, 0.4) is 0 Å². The molecular formula is C24H28ClN3O3S. The van der Waals surface area contributed by atoms with Crippen LogP contribution in [-0.4, -0.2) is 52.7 Å². The number of fused-ring (bicyclic) bond motifs is 1. The predicted octanol–water partition coefficient (Wildman–Crippen LogP) is 4.77. The predicted molar refractivity (Wildman–Crippen MR) is 131 cm³/mol. The molecule has 0 aliphatic rings. The highest BCUT2D eigenvalue weighted by atomic mass is 35.5. The average molecular weight is 474 g/mol. The number of ether oxygens (including phenoxy) is 1. The van der Waals surface area contributed by atoms with Gasteiger partial charge in [0.05, 0.1) is 28.8 Å². The summed E-state index contributed by atoms with van der Waals surface area (Å²) >= 11 is 7.44. The molecule has 0 unspecified atom stereocenters. The summed E-state index contributed by atoms with van der Waals surface area (Å²) in [6, 6.07) is 12.3. The summed E-state index contributed by atoms with van der Waals surface area (Å²) in [4.78, 5) is 33.0. The lowest BCUT2D eigenvalue weighted by Gasteiger charge is -2.19. The summed E-state index contributed by atoms with van der Waals surface area (Å²) in [5.74, 6) is 0.592. The second kappa shape index (κ2) is 11.5. The third kappa shape index (κ3) is 5.71. The van der Waals surface area contributed by atoms with Gasteiger partial charge in [-0.05, 0) is 56.4 Å². The topological polar surface area (TPSA) is 64.4 Å². The minimum absolute atomic E-state index is 0.0717. The van der Waals surface area contributed by atoms with E-state index in [4.69, 9.17) is 21.3 Å². The van der Waals surface area contributed by atoms with Gasteiger partial charge in [-0.2, -0.15) is 0 Å². The fourth-order valence-electron chi connectivity index (χ4n) is 3.50. The van der Waals surface area contributed by atoms with Crippen molar-refractivity contribution in [1.29, 1.82) is 0 Å². The Morgan fingerprint density at radius 1 is 1.19 bits per heavy atom. The van der Waals surface area contributed by atoms with Crippen LogP contribution < -0.4 is 10.3 Å². The van der Waals surface area contributed by atoms with Crippen LogP contribution in [0.2, 0.25) is 5.02 Å². The van der Waals surface area contributed by atoms with Gasteiger partial charge in [-0.3, -0.25) is 14.2 Å². The number of ketones is 1. The number of Topliss-reactive ketones (excluding diaryl/α,β-unsaturated/α-hetero) is 1. The molecule has 8 heteroatoms. The number of nitrogens with zero attached hydrogens (tertiary/aromatic N) is 3. The number of benzene rings is 2. The molecule has 3 rings (SSSR count). The maximum atomic E-state index is 13.2. The highest BCUT2D eigenvalue weighted by Gasteiger charge is 2.15. The molecule has 0 radical (unpaired) electrons. The van der Waals surface area contributed by atoms with Crippen LogP contribution >= 0.6 is 23.4 Å². The Hall–Kier alpha value is -2.35. The van der Waals surface area contributed by atoms with Crippen LogP contribution in [0.25, 0.3) is 10.9 Å². The third-order valence-corrected chi connectivity index (χ3v) is 6.65. The van der Waals surface area contributed by atoms with Crippen LogP contribution in [0.1, 0.15) is 30.6 Å². The molecule has 2 aromatic carbocycles. The van der Waals surface area contributed by atoms with Crippen LogP contribution in [0.5, 0.6) is 5.75 Å². The van der Waals surface area contributed by atoms with Crippen LogP contribution in [0.15, 0.2) is 52.4 Å². The first-order valence-corrected chi connectivity index (χ1v) is 12.1. The van der Waals surface area contributed by atoms with Gasteiger partial charge in [-0.1, -0.05) is 49.3 Å². The minimum atomic E-state index is -0.0864. The van der Waals surface area contributed by atoms with Gasteiger partial charge in [-0.25, -0.2) is 4.98 Å². The second-order valence-corrected chi connectivity index (χ2v) is 8.66. The molecule has 1 aromatic heterocycles. The lowest BCUT2D eigenvalue weighted by atomic mass is 10.1. The third-order valence-electron chi connectivity index (χ3n) is 5.38. The number of aromatic nitrogens is 2. The lowest BCUT2D eigenvalue weighted by Crippen LogP contribution is -2.28. The molecule has 0 aliphatic heterocycles. The van der Waals surface area contributed by atoms with Gasteiger partial charge < -0.3 is 9.64 Å². The fourth-order valence-corrected chi connectivity index (χ4v) is 4.68. The number of rotatable bonds is 11. The molecule has 0 atom stereocenters. The Kier molecular flexibility index (Phi) is 8.73. The molecule has 0 fully saturated rings.